The van der Waals surface area contributed by atoms with Crippen LogP contribution in [0.1, 0.15) is 33.6 Å². The van der Waals surface area contributed by atoms with E-state index in [2.05, 4.69) is 22.8 Å². The number of amides is 1. The Morgan fingerprint density at radius 2 is 1.97 bits per heavy atom. The zero-order chi connectivity index (χ0) is 21.2. The van der Waals surface area contributed by atoms with Crippen LogP contribution >= 0.6 is 0 Å². The predicted octanol–water partition coefficient (Wildman–Crippen LogP) is 3.64. The zero-order valence-corrected chi connectivity index (χ0v) is 17.0. The van der Waals surface area contributed by atoms with Crippen molar-refractivity contribution in [2.45, 2.75) is 25.9 Å². The second-order valence-corrected chi connectivity index (χ2v) is 7.64. The molecule has 0 aliphatic carbocycles. The molecule has 0 unspecified atom stereocenters. The number of primary amides is 1. The van der Waals surface area contributed by atoms with E-state index in [4.69, 9.17) is 20.1 Å². The van der Waals surface area contributed by atoms with Gasteiger partial charge in [-0.3, -0.25) is 4.79 Å². The van der Waals surface area contributed by atoms with Gasteiger partial charge in [0.25, 0.3) is 0 Å². The molecule has 5 rings (SSSR count). The number of nitrogens with zero attached hydrogens (tertiary/aromatic N) is 2. The summed E-state index contributed by atoms with van der Waals surface area (Å²) in [4.78, 5) is 21.5. The first-order valence-corrected chi connectivity index (χ1v) is 10.4. The van der Waals surface area contributed by atoms with Gasteiger partial charge in [0, 0.05) is 29.4 Å². The molecule has 4 aromatic rings. The molecule has 7 nitrogen and oxygen atoms in total. The topological polar surface area (TPSA) is 106 Å². The third kappa shape index (κ3) is 3.75. The van der Waals surface area contributed by atoms with Crippen LogP contribution < -0.4 is 16.4 Å². The molecule has 0 bridgehead atoms. The molecular weight excluding hydrogens is 390 g/mol. The van der Waals surface area contributed by atoms with Crippen molar-refractivity contribution in [2.24, 2.45) is 5.73 Å². The van der Waals surface area contributed by atoms with Gasteiger partial charge in [0.1, 0.15) is 12.1 Å². The van der Waals surface area contributed by atoms with Gasteiger partial charge >= 0.3 is 0 Å². The molecule has 0 spiro atoms. The molecule has 3 heterocycles. The average Bonchev–Trinajstić information content (AvgIpc) is 3.08. The minimum Gasteiger partial charge on any atom is -0.460 e. The Kier molecular flexibility index (Phi) is 5.09. The second-order valence-electron chi connectivity index (χ2n) is 7.64. The first-order chi connectivity index (χ1) is 15.2. The summed E-state index contributed by atoms with van der Waals surface area (Å²) in [6.07, 6.45) is 3.49. The van der Waals surface area contributed by atoms with E-state index in [1.807, 2.05) is 24.3 Å². The van der Waals surface area contributed by atoms with Gasteiger partial charge in [-0.2, -0.15) is 0 Å². The van der Waals surface area contributed by atoms with Crippen molar-refractivity contribution in [2.75, 3.05) is 11.9 Å². The molecule has 2 aromatic carbocycles. The number of benzene rings is 2. The van der Waals surface area contributed by atoms with Crippen LogP contribution in [0.15, 0.2) is 59.2 Å². The fraction of sp³-hybridized carbons (Fsp3) is 0.208. The molecule has 4 N–H and O–H groups in total. The average molecular weight is 413 g/mol. The standard InChI is InChI=1S/C24H23N5O2/c25-22(30)17-9-4-8-16-19(17)14-31-21(16)24-28-20-13-26-11-5-10-18(20)23(29-24)27-12-15-6-2-1-3-7-15/h1-4,6-9,14,26H,5,10-13H2,(H2,25,30)(H,27,28,29). The second kappa shape index (κ2) is 8.20. The number of anilines is 1. The Morgan fingerprint density at radius 1 is 1.10 bits per heavy atom. The summed E-state index contributed by atoms with van der Waals surface area (Å²) in [6, 6.07) is 15.6. The van der Waals surface area contributed by atoms with Crippen LogP contribution in [0.4, 0.5) is 5.82 Å². The summed E-state index contributed by atoms with van der Waals surface area (Å²) < 4.78 is 5.85. The Hall–Kier alpha value is -3.71. The van der Waals surface area contributed by atoms with Gasteiger partial charge in [0.15, 0.2) is 11.6 Å². The minimum absolute atomic E-state index is 0.423. The highest BCUT2D eigenvalue weighted by Gasteiger charge is 2.21. The summed E-state index contributed by atoms with van der Waals surface area (Å²) in [5.74, 6) is 1.36. The number of nitrogens with two attached hydrogens (primary N) is 1. The molecule has 0 saturated carbocycles. The maximum absolute atomic E-state index is 11.8. The van der Waals surface area contributed by atoms with Crippen molar-refractivity contribution in [1.82, 2.24) is 15.3 Å². The van der Waals surface area contributed by atoms with E-state index < -0.39 is 5.91 Å². The van der Waals surface area contributed by atoms with Gasteiger partial charge in [-0.15, -0.1) is 0 Å². The third-order valence-corrected chi connectivity index (χ3v) is 5.58. The lowest BCUT2D eigenvalue weighted by atomic mass is 10.1. The number of fused-ring (bicyclic) bond motifs is 2. The van der Waals surface area contributed by atoms with Crippen LogP contribution in [-0.4, -0.2) is 22.4 Å². The lowest BCUT2D eigenvalue weighted by Crippen LogP contribution is -2.14. The Balaban J connectivity index is 1.59. The summed E-state index contributed by atoms with van der Waals surface area (Å²) in [7, 11) is 0. The maximum Gasteiger partial charge on any atom is 0.249 e. The lowest BCUT2D eigenvalue weighted by molar-refractivity contribution is 0.100. The van der Waals surface area contributed by atoms with E-state index in [0.717, 1.165) is 41.8 Å². The number of rotatable bonds is 5. The molecule has 0 radical (unpaired) electrons. The summed E-state index contributed by atoms with van der Waals surface area (Å²) in [5.41, 5.74) is 9.23. The van der Waals surface area contributed by atoms with Crippen LogP contribution in [-0.2, 0) is 19.5 Å². The number of hydrogen-bond donors (Lipinski definition) is 3. The van der Waals surface area contributed by atoms with E-state index in [1.165, 1.54) is 5.56 Å². The van der Waals surface area contributed by atoms with Gasteiger partial charge in [-0.25, -0.2) is 9.97 Å². The molecule has 2 aromatic heterocycles. The molecule has 7 heteroatoms. The Labute approximate surface area is 179 Å². The monoisotopic (exact) mass is 413 g/mol. The van der Waals surface area contributed by atoms with E-state index in [1.54, 1.807) is 18.4 Å². The normalized spacial score (nSPS) is 13.5. The Morgan fingerprint density at radius 3 is 2.81 bits per heavy atom. The zero-order valence-electron chi connectivity index (χ0n) is 17.0. The number of hydrogen-bond acceptors (Lipinski definition) is 6. The Bertz CT molecular complexity index is 1250. The van der Waals surface area contributed by atoms with Crippen molar-refractivity contribution in [1.29, 1.82) is 0 Å². The molecule has 0 saturated heterocycles. The van der Waals surface area contributed by atoms with Crippen molar-refractivity contribution >= 4 is 22.5 Å². The van der Waals surface area contributed by atoms with Gasteiger partial charge in [-0.1, -0.05) is 42.5 Å². The van der Waals surface area contributed by atoms with Gasteiger partial charge in [-0.05, 0) is 31.0 Å². The van der Waals surface area contributed by atoms with Gasteiger partial charge < -0.3 is 20.8 Å². The van der Waals surface area contributed by atoms with Crippen LogP contribution in [0.25, 0.3) is 22.4 Å². The van der Waals surface area contributed by atoms with E-state index >= 15 is 0 Å². The number of carbonyl (C=O) groups is 1. The van der Waals surface area contributed by atoms with Crippen molar-refractivity contribution < 1.29 is 9.21 Å². The summed E-state index contributed by atoms with van der Waals surface area (Å²) in [5, 5.41) is 8.37. The smallest absolute Gasteiger partial charge is 0.249 e. The first kappa shape index (κ1) is 19.3. The molecule has 0 fully saturated rings. The maximum atomic E-state index is 11.8. The fourth-order valence-corrected chi connectivity index (χ4v) is 4.03. The fourth-order valence-electron chi connectivity index (χ4n) is 4.03. The predicted molar refractivity (Wildman–Crippen MR) is 120 cm³/mol. The van der Waals surface area contributed by atoms with Gasteiger partial charge in [0.05, 0.1) is 11.3 Å². The largest absolute Gasteiger partial charge is 0.460 e. The van der Waals surface area contributed by atoms with Crippen molar-refractivity contribution in [3.05, 3.63) is 77.2 Å². The molecular formula is C24H23N5O2. The highest BCUT2D eigenvalue weighted by Crippen LogP contribution is 2.33. The first-order valence-electron chi connectivity index (χ1n) is 10.4. The van der Waals surface area contributed by atoms with Crippen LogP contribution in [0.2, 0.25) is 0 Å². The summed E-state index contributed by atoms with van der Waals surface area (Å²) >= 11 is 0. The number of carbonyl (C=O) groups excluding carboxylic acids is 1. The molecule has 1 amide bonds. The van der Waals surface area contributed by atoms with E-state index in [9.17, 15) is 4.79 Å². The highest BCUT2D eigenvalue weighted by molar-refractivity contribution is 6.08. The van der Waals surface area contributed by atoms with Crippen molar-refractivity contribution in [3.63, 3.8) is 0 Å². The number of nitrogens with one attached hydrogen (secondary N) is 2. The van der Waals surface area contributed by atoms with E-state index in [0.29, 0.717) is 35.6 Å². The van der Waals surface area contributed by atoms with Crippen molar-refractivity contribution in [3.8, 4) is 11.6 Å². The molecule has 156 valence electrons. The number of furan rings is 1. The minimum atomic E-state index is -0.491. The molecule has 1 aliphatic rings. The third-order valence-electron chi connectivity index (χ3n) is 5.58. The van der Waals surface area contributed by atoms with E-state index in [-0.39, 0.29) is 0 Å². The van der Waals surface area contributed by atoms with Crippen LogP contribution in [0.5, 0.6) is 0 Å². The number of aromatic nitrogens is 2. The molecule has 0 atom stereocenters. The quantitative estimate of drug-likeness (QED) is 0.461. The summed E-state index contributed by atoms with van der Waals surface area (Å²) in [6.45, 7) is 2.29. The van der Waals surface area contributed by atoms with Gasteiger partial charge in [0.2, 0.25) is 5.91 Å². The molecule has 31 heavy (non-hydrogen) atoms. The SMILES string of the molecule is NC(=O)c1cccc2c(-c3nc4c(c(NCc5ccccc5)n3)CCCNC4)occ12. The van der Waals surface area contributed by atoms with Crippen LogP contribution in [0.3, 0.4) is 0 Å². The lowest BCUT2D eigenvalue weighted by Gasteiger charge is -2.14. The molecule has 1 aliphatic heterocycles. The van der Waals surface area contributed by atoms with Crippen LogP contribution in [0, 0.1) is 0 Å². The highest BCUT2D eigenvalue weighted by atomic mass is 16.3.